The van der Waals surface area contributed by atoms with Gasteiger partial charge >= 0.3 is 6.18 Å². The summed E-state index contributed by atoms with van der Waals surface area (Å²) in [7, 11) is 0. The van der Waals surface area contributed by atoms with Crippen molar-refractivity contribution in [3.63, 3.8) is 0 Å². The first-order valence-corrected chi connectivity index (χ1v) is 6.24. The predicted octanol–water partition coefficient (Wildman–Crippen LogP) is 1.78. The lowest BCUT2D eigenvalue weighted by Crippen LogP contribution is -2.12. The van der Waals surface area contributed by atoms with Crippen LogP contribution in [0.4, 0.5) is 25.1 Å². The number of nitrogens with one attached hydrogen (secondary N) is 1. The zero-order valence-electron chi connectivity index (χ0n) is 11.0. The highest BCUT2D eigenvalue weighted by Gasteiger charge is 2.25. The van der Waals surface area contributed by atoms with Gasteiger partial charge in [-0.25, -0.2) is 4.98 Å². The van der Waals surface area contributed by atoms with E-state index in [1.807, 2.05) is 0 Å². The van der Waals surface area contributed by atoms with Crippen molar-refractivity contribution >= 4 is 11.9 Å². The standard InChI is InChI=1S/C11H14F3N7/c12-11(13,14)3-1-2-4-17-9-18-8(15)19-10(20-9)21-6-5-16-7-21/h5-7H,1-4H2,(H3,15,17,18,19,20). The average Bonchev–Trinajstić information content (AvgIpc) is 2.90. The van der Waals surface area contributed by atoms with Gasteiger partial charge in [0.1, 0.15) is 6.33 Å². The van der Waals surface area contributed by atoms with E-state index in [1.165, 1.54) is 6.33 Å². The minimum Gasteiger partial charge on any atom is -0.368 e. The Morgan fingerprint density at radius 3 is 2.67 bits per heavy atom. The molecule has 0 saturated heterocycles. The van der Waals surface area contributed by atoms with E-state index < -0.39 is 12.6 Å². The Labute approximate surface area is 118 Å². The zero-order chi connectivity index (χ0) is 15.3. The fraction of sp³-hybridized carbons (Fsp3) is 0.455. The fourth-order valence-corrected chi connectivity index (χ4v) is 1.60. The first-order valence-electron chi connectivity index (χ1n) is 6.24. The second kappa shape index (κ2) is 6.37. The number of aromatic nitrogens is 5. The Balaban J connectivity index is 1.89. The molecule has 0 bridgehead atoms. The first kappa shape index (κ1) is 15.0. The quantitative estimate of drug-likeness (QED) is 0.790. The average molecular weight is 301 g/mol. The molecule has 0 unspecified atom stereocenters. The second-order valence-corrected chi connectivity index (χ2v) is 4.29. The van der Waals surface area contributed by atoms with E-state index in [9.17, 15) is 13.2 Å². The summed E-state index contributed by atoms with van der Waals surface area (Å²) in [5.41, 5.74) is 5.57. The molecule has 114 valence electrons. The molecular formula is C11H14F3N7. The van der Waals surface area contributed by atoms with Crippen LogP contribution >= 0.6 is 0 Å². The summed E-state index contributed by atoms with van der Waals surface area (Å²) < 4.78 is 37.5. The number of nitrogens with two attached hydrogens (primary N) is 1. The van der Waals surface area contributed by atoms with Crippen LogP contribution in [0, 0.1) is 0 Å². The number of nitrogen functional groups attached to an aromatic ring is 1. The molecule has 0 fully saturated rings. The van der Waals surface area contributed by atoms with Gasteiger partial charge in [-0.05, 0) is 12.8 Å². The minimum absolute atomic E-state index is 0.0199. The molecular weight excluding hydrogens is 287 g/mol. The Bertz CT molecular complexity index is 568. The highest BCUT2D eigenvalue weighted by molar-refractivity contribution is 5.34. The third-order valence-corrected chi connectivity index (χ3v) is 2.55. The summed E-state index contributed by atoms with van der Waals surface area (Å²) in [4.78, 5) is 15.8. The van der Waals surface area contributed by atoms with E-state index in [1.54, 1.807) is 17.0 Å². The Morgan fingerprint density at radius 2 is 2.00 bits per heavy atom. The molecule has 2 aromatic rings. The van der Waals surface area contributed by atoms with Crippen molar-refractivity contribution in [3.8, 4) is 5.95 Å². The smallest absolute Gasteiger partial charge is 0.368 e. The lowest BCUT2D eigenvalue weighted by atomic mass is 10.2. The monoisotopic (exact) mass is 301 g/mol. The molecule has 10 heteroatoms. The summed E-state index contributed by atoms with van der Waals surface area (Å²) in [6, 6.07) is 0. The molecule has 0 aliphatic rings. The van der Waals surface area contributed by atoms with Gasteiger partial charge in [0.2, 0.25) is 17.8 Å². The SMILES string of the molecule is Nc1nc(NCCCCC(F)(F)F)nc(-n2ccnc2)n1. The highest BCUT2D eigenvalue weighted by atomic mass is 19.4. The van der Waals surface area contributed by atoms with Crippen LogP contribution in [0.5, 0.6) is 0 Å². The van der Waals surface area contributed by atoms with Crippen LogP contribution in [-0.2, 0) is 0 Å². The molecule has 0 amide bonds. The second-order valence-electron chi connectivity index (χ2n) is 4.29. The minimum atomic E-state index is -4.12. The number of nitrogens with zero attached hydrogens (tertiary/aromatic N) is 5. The Morgan fingerprint density at radius 1 is 1.19 bits per heavy atom. The van der Waals surface area contributed by atoms with Crippen LogP contribution in [0.3, 0.4) is 0 Å². The van der Waals surface area contributed by atoms with Crippen molar-refractivity contribution in [2.45, 2.75) is 25.4 Å². The lowest BCUT2D eigenvalue weighted by Gasteiger charge is -2.08. The summed E-state index contributed by atoms with van der Waals surface area (Å²) in [5, 5.41) is 2.83. The number of alkyl halides is 3. The number of hydrogen-bond donors (Lipinski definition) is 2. The molecule has 2 aromatic heterocycles. The number of unbranched alkanes of at least 4 members (excludes halogenated alkanes) is 1. The van der Waals surface area contributed by atoms with Crippen molar-refractivity contribution in [2.75, 3.05) is 17.6 Å². The van der Waals surface area contributed by atoms with Crippen LogP contribution < -0.4 is 11.1 Å². The highest BCUT2D eigenvalue weighted by Crippen LogP contribution is 2.22. The van der Waals surface area contributed by atoms with Crippen LogP contribution in [-0.4, -0.2) is 37.2 Å². The van der Waals surface area contributed by atoms with E-state index in [4.69, 9.17) is 5.73 Å². The van der Waals surface area contributed by atoms with Crippen molar-refractivity contribution in [1.29, 1.82) is 0 Å². The van der Waals surface area contributed by atoms with Crippen molar-refractivity contribution in [3.05, 3.63) is 18.7 Å². The maximum Gasteiger partial charge on any atom is 0.389 e. The number of anilines is 2. The molecule has 0 atom stereocenters. The van der Waals surface area contributed by atoms with E-state index in [0.29, 0.717) is 13.0 Å². The third kappa shape index (κ3) is 4.89. The maximum atomic E-state index is 12.0. The molecule has 2 rings (SSSR count). The van der Waals surface area contributed by atoms with Gasteiger partial charge in [0.15, 0.2) is 0 Å². The molecule has 0 aromatic carbocycles. The van der Waals surface area contributed by atoms with Gasteiger partial charge in [0.25, 0.3) is 0 Å². The zero-order valence-corrected chi connectivity index (χ0v) is 11.0. The number of rotatable bonds is 6. The molecule has 0 aliphatic carbocycles. The molecule has 3 N–H and O–H groups in total. The van der Waals surface area contributed by atoms with Gasteiger partial charge < -0.3 is 11.1 Å². The van der Waals surface area contributed by atoms with Crippen LogP contribution in [0.15, 0.2) is 18.7 Å². The Hall–Kier alpha value is -2.39. The molecule has 7 nitrogen and oxygen atoms in total. The number of imidazole rings is 1. The third-order valence-electron chi connectivity index (χ3n) is 2.55. The van der Waals surface area contributed by atoms with Crippen molar-refractivity contribution in [2.24, 2.45) is 0 Å². The Kier molecular flexibility index (Phi) is 4.55. The summed E-state index contributed by atoms with van der Waals surface area (Å²) in [6.07, 6.45) is 0.186. The molecule has 0 radical (unpaired) electrons. The van der Waals surface area contributed by atoms with Crippen LogP contribution in [0.25, 0.3) is 5.95 Å². The van der Waals surface area contributed by atoms with Gasteiger partial charge in [-0.3, -0.25) is 4.57 Å². The van der Waals surface area contributed by atoms with E-state index >= 15 is 0 Å². The van der Waals surface area contributed by atoms with E-state index in [0.717, 1.165) is 0 Å². The van der Waals surface area contributed by atoms with Gasteiger partial charge in [-0.2, -0.15) is 28.1 Å². The maximum absolute atomic E-state index is 12.0. The van der Waals surface area contributed by atoms with E-state index in [-0.39, 0.29) is 24.3 Å². The van der Waals surface area contributed by atoms with E-state index in [2.05, 4.69) is 25.3 Å². The predicted molar refractivity (Wildman–Crippen MR) is 69.8 cm³/mol. The summed E-state index contributed by atoms with van der Waals surface area (Å²) in [5.74, 6) is 0.530. The van der Waals surface area contributed by atoms with Crippen LogP contribution in [0.1, 0.15) is 19.3 Å². The van der Waals surface area contributed by atoms with Gasteiger partial charge in [-0.15, -0.1) is 0 Å². The number of hydrogen-bond acceptors (Lipinski definition) is 6. The fourth-order valence-electron chi connectivity index (χ4n) is 1.60. The van der Waals surface area contributed by atoms with Gasteiger partial charge in [0.05, 0.1) is 0 Å². The van der Waals surface area contributed by atoms with Gasteiger partial charge in [-0.1, -0.05) is 0 Å². The molecule has 0 aliphatic heterocycles. The normalized spacial score (nSPS) is 11.6. The molecule has 2 heterocycles. The van der Waals surface area contributed by atoms with Crippen molar-refractivity contribution in [1.82, 2.24) is 24.5 Å². The molecule has 21 heavy (non-hydrogen) atoms. The largest absolute Gasteiger partial charge is 0.389 e. The van der Waals surface area contributed by atoms with Crippen LogP contribution in [0.2, 0.25) is 0 Å². The first-order chi connectivity index (χ1) is 9.94. The lowest BCUT2D eigenvalue weighted by molar-refractivity contribution is -0.135. The van der Waals surface area contributed by atoms with Gasteiger partial charge in [0, 0.05) is 25.4 Å². The molecule has 0 saturated carbocycles. The summed E-state index contributed by atoms with van der Waals surface area (Å²) >= 11 is 0. The van der Waals surface area contributed by atoms with Crippen molar-refractivity contribution < 1.29 is 13.2 Å². The summed E-state index contributed by atoms with van der Waals surface area (Å²) in [6.45, 7) is 0.322. The topological polar surface area (TPSA) is 94.5 Å². The molecule has 0 spiro atoms. The number of halogens is 3.